The number of hydrogen-bond acceptors (Lipinski definition) is 5. The molecule has 7 nitrogen and oxygen atoms in total. The van der Waals surface area contributed by atoms with Crippen molar-refractivity contribution in [2.45, 2.75) is 43.9 Å². The molecule has 0 radical (unpaired) electrons. The maximum absolute atomic E-state index is 13.4. The zero-order chi connectivity index (χ0) is 19.1. The van der Waals surface area contributed by atoms with Crippen molar-refractivity contribution >= 4 is 11.8 Å². The second-order valence-electron chi connectivity index (χ2n) is 8.56. The van der Waals surface area contributed by atoms with Gasteiger partial charge in [-0.15, -0.1) is 0 Å². The fourth-order valence-electron chi connectivity index (χ4n) is 4.50. The molecule has 3 heterocycles. The Balaban J connectivity index is 1.33. The highest BCUT2D eigenvalue weighted by atomic mass is 16.5. The molecule has 5 rings (SSSR count). The molecule has 28 heavy (non-hydrogen) atoms. The van der Waals surface area contributed by atoms with E-state index in [1.807, 2.05) is 21.9 Å². The second-order valence-corrected chi connectivity index (χ2v) is 8.56. The zero-order valence-electron chi connectivity index (χ0n) is 16.2. The van der Waals surface area contributed by atoms with Crippen LogP contribution in [-0.2, 0) is 14.3 Å². The Bertz CT molecular complexity index is 726. The van der Waals surface area contributed by atoms with Gasteiger partial charge in [0, 0.05) is 51.2 Å². The first kappa shape index (κ1) is 18.1. The van der Waals surface area contributed by atoms with Gasteiger partial charge in [0.2, 0.25) is 5.91 Å². The summed E-state index contributed by atoms with van der Waals surface area (Å²) in [6, 6.07) is 3.66. The Morgan fingerprint density at radius 1 is 1.14 bits per heavy atom. The van der Waals surface area contributed by atoms with E-state index in [4.69, 9.17) is 4.74 Å². The van der Waals surface area contributed by atoms with Crippen LogP contribution in [0.15, 0.2) is 24.5 Å². The predicted octanol–water partition coefficient (Wildman–Crippen LogP) is 1.07. The summed E-state index contributed by atoms with van der Waals surface area (Å²) in [6.07, 6.45) is 7.55. The monoisotopic (exact) mass is 384 g/mol. The molecule has 0 N–H and O–H groups in total. The smallest absolute Gasteiger partial charge is 0.254 e. The van der Waals surface area contributed by atoms with Crippen molar-refractivity contribution < 1.29 is 14.3 Å². The van der Waals surface area contributed by atoms with Crippen LogP contribution in [0.5, 0.6) is 0 Å². The quantitative estimate of drug-likeness (QED) is 0.760. The van der Waals surface area contributed by atoms with Crippen LogP contribution < -0.4 is 0 Å². The van der Waals surface area contributed by atoms with Crippen molar-refractivity contribution in [1.29, 1.82) is 0 Å². The molecule has 1 aromatic rings. The van der Waals surface area contributed by atoms with Gasteiger partial charge in [-0.1, -0.05) is 6.07 Å². The lowest BCUT2D eigenvalue weighted by Crippen LogP contribution is -2.58. The normalized spacial score (nSPS) is 29.2. The summed E-state index contributed by atoms with van der Waals surface area (Å²) in [5, 5.41) is 0. The van der Waals surface area contributed by atoms with Crippen molar-refractivity contribution in [2.75, 3.05) is 39.3 Å². The highest BCUT2D eigenvalue weighted by Crippen LogP contribution is 2.40. The van der Waals surface area contributed by atoms with Gasteiger partial charge >= 0.3 is 0 Å². The number of pyridine rings is 1. The third kappa shape index (κ3) is 3.65. The molecule has 1 aromatic heterocycles. The number of carbonyl (C=O) groups is 2. The number of amides is 2. The lowest BCUT2D eigenvalue weighted by Gasteiger charge is -2.43. The molecule has 4 aliphatic rings. The average molecular weight is 384 g/mol. The van der Waals surface area contributed by atoms with Gasteiger partial charge in [-0.3, -0.25) is 19.5 Å². The molecule has 2 saturated heterocycles. The van der Waals surface area contributed by atoms with E-state index in [0.717, 1.165) is 50.5 Å². The van der Waals surface area contributed by atoms with Gasteiger partial charge in [0.25, 0.3) is 5.91 Å². The van der Waals surface area contributed by atoms with Gasteiger partial charge in [-0.25, -0.2) is 0 Å². The van der Waals surface area contributed by atoms with E-state index in [-0.39, 0.29) is 30.5 Å². The number of rotatable bonds is 5. The Labute approximate surface area is 165 Å². The first-order chi connectivity index (χ1) is 13.7. The van der Waals surface area contributed by atoms with Gasteiger partial charge in [0.05, 0.1) is 6.04 Å². The minimum atomic E-state index is -0.641. The minimum Gasteiger partial charge on any atom is -0.356 e. The molecule has 2 aliphatic carbocycles. The fraction of sp³-hybridized carbons (Fsp3) is 0.667. The van der Waals surface area contributed by atoms with Crippen molar-refractivity contribution in [3.8, 4) is 0 Å². The molecule has 7 heteroatoms. The second kappa shape index (κ2) is 7.44. The zero-order valence-corrected chi connectivity index (χ0v) is 16.2. The number of ether oxygens (including phenoxy) is 1. The Morgan fingerprint density at radius 3 is 2.57 bits per heavy atom. The first-order valence-corrected chi connectivity index (χ1v) is 10.5. The van der Waals surface area contributed by atoms with Crippen LogP contribution in [0.1, 0.15) is 37.3 Å². The molecule has 2 amide bonds. The Kier molecular flexibility index (Phi) is 4.80. The third-order valence-electron chi connectivity index (χ3n) is 6.37. The van der Waals surface area contributed by atoms with E-state index in [9.17, 15) is 9.59 Å². The van der Waals surface area contributed by atoms with Crippen LogP contribution in [0.25, 0.3) is 0 Å². The molecule has 0 unspecified atom stereocenters. The summed E-state index contributed by atoms with van der Waals surface area (Å²) in [5.74, 6) is 0.865. The summed E-state index contributed by atoms with van der Waals surface area (Å²) in [5.41, 5.74) is 0.883. The summed E-state index contributed by atoms with van der Waals surface area (Å²) >= 11 is 0. The summed E-state index contributed by atoms with van der Waals surface area (Å²) < 4.78 is 5.86. The molecule has 2 aliphatic heterocycles. The fourth-order valence-corrected chi connectivity index (χ4v) is 4.50. The largest absolute Gasteiger partial charge is 0.356 e. The molecule has 0 spiro atoms. The summed E-state index contributed by atoms with van der Waals surface area (Å²) in [4.78, 5) is 36.5. The molecule has 0 aromatic carbocycles. The number of morpholine rings is 1. The standard InChI is InChI=1S/C21H28N4O3/c26-18-14-28-20(19(25(18)17-5-6-17)16-2-1-7-22-12-16)21(27)24-10-8-23(9-11-24)13-15-3-4-15/h1-2,7,12,15,17,19-20H,3-6,8-11,13-14H2/t19-,20+/m1/s1. The maximum Gasteiger partial charge on any atom is 0.254 e. The number of hydrogen-bond donors (Lipinski definition) is 0. The first-order valence-electron chi connectivity index (χ1n) is 10.5. The van der Waals surface area contributed by atoms with Crippen molar-refractivity contribution in [2.24, 2.45) is 5.92 Å². The van der Waals surface area contributed by atoms with E-state index in [1.54, 1.807) is 12.4 Å². The number of nitrogens with zero attached hydrogens (tertiary/aromatic N) is 4. The summed E-state index contributed by atoms with van der Waals surface area (Å²) in [7, 11) is 0. The van der Waals surface area contributed by atoms with Gasteiger partial charge in [-0.2, -0.15) is 0 Å². The molecule has 0 bridgehead atoms. The summed E-state index contributed by atoms with van der Waals surface area (Å²) in [6.45, 7) is 4.50. The minimum absolute atomic E-state index is 0.00862. The predicted molar refractivity (Wildman–Crippen MR) is 102 cm³/mol. The van der Waals surface area contributed by atoms with Crippen LogP contribution in [-0.4, -0.2) is 83.0 Å². The van der Waals surface area contributed by atoms with Gasteiger partial charge < -0.3 is 14.5 Å². The Hall–Kier alpha value is -1.99. The van der Waals surface area contributed by atoms with E-state index in [1.165, 1.54) is 19.4 Å². The van der Waals surface area contributed by atoms with Crippen molar-refractivity contribution in [3.63, 3.8) is 0 Å². The highest BCUT2D eigenvalue weighted by molar-refractivity contribution is 5.87. The van der Waals surface area contributed by atoms with Gasteiger partial charge in [0.15, 0.2) is 6.10 Å². The van der Waals surface area contributed by atoms with Crippen LogP contribution >= 0.6 is 0 Å². The van der Waals surface area contributed by atoms with E-state index in [0.29, 0.717) is 0 Å². The average Bonchev–Trinajstić information content (AvgIpc) is 3.64. The molecule has 4 fully saturated rings. The third-order valence-corrected chi connectivity index (χ3v) is 6.37. The highest BCUT2D eigenvalue weighted by Gasteiger charge is 2.48. The maximum atomic E-state index is 13.4. The van der Waals surface area contributed by atoms with Crippen molar-refractivity contribution in [3.05, 3.63) is 30.1 Å². The van der Waals surface area contributed by atoms with Crippen LogP contribution in [0, 0.1) is 5.92 Å². The SMILES string of the molecule is O=C([C@H]1OCC(=O)N(C2CC2)[C@@H]1c1cccnc1)N1CCN(CC2CC2)CC1. The van der Waals surface area contributed by atoms with E-state index in [2.05, 4.69) is 9.88 Å². The van der Waals surface area contributed by atoms with Crippen molar-refractivity contribution in [1.82, 2.24) is 19.7 Å². The molecule has 150 valence electrons. The molecule has 2 atom stereocenters. The Morgan fingerprint density at radius 2 is 1.93 bits per heavy atom. The molecular formula is C21H28N4O3. The lowest BCUT2D eigenvalue weighted by atomic mass is 9.97. The van der Waals surface area contributed by atoms with Gasteiger partial charge in [-0.05, 0) is 43.2 Å². The lowest BCUT2D eigenvalue weighted by molar-refractivity contribution is -0.171. The van der Waals surface area contributed by atoms with Crippen LogP contribution in [0.3, 0.4) is 0 Å². The molecular weight excluding hydrogens is 356 g/mol. The topological polar surface area (TPSA) is 66.0 Å². The number of piperazine rings is 1. The van der Waals surface area contributed by atoms with Crippen LogP contribution in [0.4, 0.5) is 0 Å². The van der Waals surface area contributed by atoms with E-state index >= 15 is 0 Å². The van der Waals surface area contributed by atoms with Crippen LogP contribution in [0.2, 0.25) is 0 Å². The van der Waals surface area contributed by atoms with Gasteiger partial charge in [0.1, 0.15) is 6.61 Å². The molecule has 2 saturated carbocycles. The number of aromatic nitrogens is 1. The number of carbonyl (C=O) groups excluding carboxylic acids is 2. The van der Waals surface area contributed by atoms with E-state index < -0.39 is 6.10 Å².